The van der Waals surface area contributed by atoms with Gasteiger partial charge in [0.15, 0.2) is 0 Å². The maximum atomic E-state index is 12.1. The number of aromatic nitrogens is 1. The number of aliphatic hydroxyl groups excluding tert-OH is 1. The highest BCUT2D eigenvalue weighted by Gasteiger charge is 2.38. The Morgan fingerprint density at radius 2 is 2.44 bits per heavy atom. The van der Waals surface area contributed by atoms with Gasteiger partial charge in [-0.05, 0) is 19.4 Å². The van der Waals surface area contributed by atoms with Crippen molar-refractivity contribution in [3.05, 3.63) is 23.5 Å². The highest BCUT2D eigenvalue weighted by atomic mass is 16.3. The number of rotatable bonds is 1. The molecule has 0 bridgehead atoms. The number of hydrogen-bond acceptors (Lipinski definition) is 4. The van der Waals surface area contributed by atoms with Crippen molar-refractivity contribution < 1.29 is 15.0 Å². The summed E-state index contributed by atoms with van der Waals surface area (Å²) in [6, 6.07) is 3.41. The Balaban J connectivity index is 2.09. The number of aromatic amines is 1. The lowest BCUT2D eigenvalue weighted by atomic mass is 9.90. The van der Waals surface area contributed by atoms with Crippen LogP contribution in [0.5, 0.6) is 0 Å². The van der Waals surface area contributed by atoms with Crippen molar-refractivity contribution >= 4 is 5.91 Å². The SMILES string of the molecule is C[C@@]1(O)CCN(C(=O)c2cc(C#N)c[nH]2)C[C@@H]1O. The van der Waals surface area contributed by atoms with Crippen LogP contribution in [-0.4, -0.2) is 50.8 Å². The average Bonchev–Trinajstić information content (AvgIpc) is 2.80. The number of nitriles is 1. The van der Waals surface area contributed by atoms with Gasteiger partial charge in [0, 0.05) is 19.3 Å². The lowest BCUT2D eigenvalue weighted by Crippen LogP contribution is -2.55. The molecule has 1 aromatic heterocycles. The summed E-state index contributed by atoms with van der Waals surface area (Å²) in [4.78, 5) is 16.3. The molecule has 6 heteroatoms. The zero-order chi connectivity index (χ0) is 13.3. The summed E-state index contributed by atoms with van der Waals surface area (Å²) < 4.78 is 0. The smallest absolute Gasteiger partial charge is 0.270 e. The first-order valence-corrected chi connectivity index (χ1v) is 5.72. The van der Waals surface area contributed by atoms with E-state index in [4.69, 9.17) is 5.26 Å². The van der Waals surface area contributed by atoms with Crippen molar-refractivity contribution in [3.63, 3.8) is 0 Å². The Morgan fingerprint density at radius 1 is 1.72 bits per heavy atom. The number of carbonyl (C=O) groups is 1. The second-order valence-electron chi connectivity index (χ2n) is 4.79. The largest absolute Gasteiger partial charge is 0.388 e. The standard InChI is InChI=1S/C12H15N3O3/c1-12(18)2-3-15(7-10(12)16)11(17)9-4-8(5-13)6-14-9/h4,6,10,14,16,18H,2-3,7H2,1H3/t10-,12+/m0/s1. The van der Waals surface area contributed by atoms with Crippen LogP contribution in [0.25, 0.3) is 0 Å². The Bertz CT molecular complexity index is 501. The lowest BCUT2D eigenvalue weighted by Gasteiger charge is -2.39. The normalized spacial score (nSPS) is 27.9. The molecule has 1 saturated heterocycles. The van der Waals surface area contributed by atoms with E-state index in [2.05, 4.69) is 4.98 Å². The van der Waals surface area contributed by atoms with Gasteiger partial charge in [-0.2, -0.15) is 5.26 Å². The molecular formula is C12H15N3O3. The first kappa shape index (κ1) is 12.6. The molecular weight excluding hydrogens is 234 g/mol. The number of hydrogen-bond donors (Lipinski definition) is 3. The van der Waals surface area contributed by atoms with E-state index in [-0.39, 0.29) is 12.5 Å². The van der Waals surface area contributed by atoms with E-state index in [0.717, 1.165) is 0 Å². The predicted octanol–water partition coefficient (Wildman–Crippen LogP) is -0.156. The van der Waals surface area contributed by atoms with E-state index < -0.39 is 11.7 Å². The fourth-order valence-corrected chi connectivity index (χ4v) is 1.96. The van der Waals surface area contributed by atoms with Crippen molar-refractivity contribution in [2.75, 3.05) is 13.1 Å². The van der Waals surface area contributed by atoms with Crippen LogP contribution in [0.4, 0.5) is 0 Å². The van der Waals surface area contributed by atoms with Crippen LogP contribution in [0.2, 0.25) is 0 Å². The molecule has 1 aliphatic rings. The van der Waals surface area contributed by atoms with Crippen LogP contribution in [0.3, 0.4) is 0 Å². The van der Waals surface area contributed by atoms with E-state index in [1.165, 1.54) is 17.2 Å². The number of amides is 1. The molecule has 0 saturated carbocycles. The summed E-state index contributed by atoms with van der Waals surface area (Å²) in [6.07, 6.45) is 0.829. The summed E-state index contributed by atoms with van der Waals surface area (Å²) >= 11 is 0. The Kier molecular flexibility index (Phi) is 3.11. The minimum atomic E-state index is -1.15. The van der Waals surface area contributed by atoms with Gasteiger partial charge >= 0.3 is 0 Å². The Hall–Kier alpha value is -1.84. The molecule has 1 amide bonds. The molecule has 1 aromatic rings. The predicted molar refractivity (Wildman–Crippen MR) is 62.7 cm³/mol. The lowest BCUT2D eigenvalue weighted by molar-refractivity contribution is -0.0999. The topological polar surface area (TPSA) is 100 Å². The maximum absolute atomic E-state index is 12.1. The van der Waals surface area contributed by atoms with E-state index in [1.54, 1.807) is 6.92 Å². The molecule has 3 N–H and O–H groups in total. The quantitative estimate of drug-likeness (QED) is 0.644. The molecule has 0 unspecified atom stereocenters. The second-order valence-corrected chi connectivity index (χ2v) is 4.79. The molecule has 2 rings (SSSR count). The third-order valence-electron chi connectivity index (χ3n) is 3.33. The molecule has 0 aliphatic carbocycles. The molecule has 1 aliphatic heterocycles. The summed E-state index contributed by atoms with van der Waals surface area (Å²) in [5.41, 5.74) is -0.437. The van der Waals surface area contributed by atoms with Crippen LogP contribution < -0.4 is 0 Å². The minimum Gasteiger partial charge on any atom is -0.388 e. The second kappa shape index (κ2) is 4.44. The molecule has 2 heterocycles. The number of nitrogens with one attached hydrogen (secondary N) is 1. The van der Waals surface area contributed by atoms with E-state index in [1.807, 2.05) is 6.07 Å². The molecule has 0 aromatic carbocycles. The molecule has 0 radical (unpaired) electrons. The molecule has 96 valence electrons. The van der Waals surface area contributed by atoms with Gasteiger partial charge in [0.25, 0.3) is 5.91 Å². The third kappa shape index (κ3) is 2.23. The monoisotopic (exact) mass is 249 g/mol. The van der Waals surface area contributed by atoms with Gasteiger partial charge in [-0.3, -0.25) is 4.79 Å². The summed E-state index contributed by atoms with van der Waals surface area (Å²) in [6.45, 7) is 2.03. The summed E-state index contributed by atoms with van der Waals surface area (Å²) in [5, 5.41) is 28.3. The van der Waals surface area contributed by atoms with Crippen molar-refractivity contribution in [2.45, 2.75) is 25.0 Å². The van der Waals surface area contributed by atoms with Crippen molar-refractivity contribution in [2.24, 2.45) is 0 Å². The number of nitrogens with zero attached hydrogens (tertiary/aromatic N) is 2. The average molecular weight is 249 g/mol. The number of β-amino-alcohol motifs (C(OH)–C–C–N with tert-alkyl or cyclic N) is 1. The number of carbonyl (C=O) groups excluding carboxylic acids is 1. The Labute approximate surface area is 104 Å². The van der Waals surface area contributed by atoms with Crippen molar-refractivity contribution in [3.8, 4) is 6.07 Å². The fourth-order valence-electron chi connectivity index (χ4n) is 1.96. The van der Waals surface area contributed by atoms with Crippen molar-refractivity contribution in [1.82, 2.24) is 9.88 Å². The zero-order valence-corrected chi connectivity index (χ0v) is 10.1. The number of piperidine rings is 1. The van der Waals surface area contributed by atoms with Gasteiger partial charge in [-0.15, -0.1) is 0 Å². The van der Waals surface area contributed by atoms with E-state index in [0.29, 0.717) is 24.2 Å². The maximum Gasteiger partial charge on any atom is 0.270 e. The summed E-state index contributed by atoms with van der Waals surface area (Å²) in [7, 11) is 0. The van der Waals surface area contributed by atoms with Gasteiger partial charge in [0.1, 0.15) is 11.8 Å². The van der Waals surface area contributed by atoms with Crippen LogP contribution in [0.15, 0.2) is 12.3 Å². The number of likely N-dealkylation sites (tertiary alicyclic amines) is 1. The minimum absolute atomic E-state index is 0.0900. The molecule has 2 atom stereocenters. The van der Waals surface area contributed by atoms with Gasteiger partial charge in [0.05, 0.1) is 17.3 Å². The van der Waals surface area contributed by atoms with Crippen LogP contribution in [0.1, 0.15) is 29.4 Å². The van der Waals surface area contributed by atoms with Crippen molar-refractivity contribution in [1.29, 1.82) is 5.26 Å². The molecule has 1 fully saturated rings. The van der Waals surface area contributed by atoms with E-state index >= 15 is 0 Å². The van der Waals surface area contributed by atoms with E-state index in [9.17, 15) is 15.0 Å². The zero-order valence-electron chi connectivity index (χ0n) is 10.1. The fraction of sp³-hybridized carbons (Fsp3) is 0.500. The van der Waals surface area contributed by atoms with Gasteiger partial charge in [-0.1, -0.05) is 0 Å². The Morgan fingerprint density at radius 3 is 3.00 bits per heavy atom. The van der Waals surface area contributed by atoms with Crippen LogP contribution >= 0.6 is 0 Å². The van der Waals surface area contributed by atoms with Gasteiger partial charge in [0.2, 0.25) is 0 Å². The highest BCUT2D eigenvalue weighted by molar-refractivity contribution is 5.93. The third-order valence-corrected chi connectivity index (χ3v) is 3.33. The van der Waals surface area contributed by atoms with Gasteiger partial charge in [-0.25, -0.2) is 0 Å². The number of aliphatic hydroxyl groups is 2. The molecule has 6 nitrogen and oxygen atoms in total. The molecule has 18 heavy (non-hydrogen) atoms. The highest BCUT2D eigenvalue weighted by Crippen LogP contribution is 2.23. The summed E-state index contributed by atoms with van der Waals surface area (Å²) in [5.74, 6) is -0.272. The first-order valence-electron chi connectivity index (χ1n) is 5.72. The van der Waals surface area contributed by atoms with Gasteiger partial charge < -0.3 is 20.1 Å². The van der Waals surface area contributed by atoms with Crippen LogP contribution in [-0.2, 0) is 0 Å². The molecule has 0 spiro atoms. The van der Waals surface area contributed by atoms with Crippen LogP contribution in [0, 0.1) is 11.3 Å². The number of H-pyrrole nitrogens is 1. The first-order chi connectivity index (χ1) is 8.44.